The molecule has 1 aromatic heterocycles. The number of hydrogen-bond donors (Lipinski definition) is 1. The Morgan fingerprint density at radius 2 is 2.27 bits per heavy atom. The van der Waals surface area contributed by atoms with Crippen LogP contribution in [-0.4, -0.2) is 27.3 Å². The number of nitrogens with zero attached hydrogens (tertiary/aromatic N) is 4. The van der Waals surface area contributed by atoms with Crippen LogP contribution in [-0.2, 0) is 0 Å². The van der Waals surface area contributed by atoms with Gasteiger partial charge in [0.05, 0.1) is 12.8 Å². The van der Waals surface area contributed by atoms with E-state index in [1.807, 2.05) is 12.1 Å². The third kappa shape index (κ3) is 1.78. The first kappa shape index (κ1) is 9.91. The Hall–Kier alpha value is -1.63. The van der Waals surface area contributed by atoms with Crippen molar-refractivity contribution in [3.8, 4) is 11.4 Å². The van der Waals surface area contributed by atoms with E-state index < -0.39 is 0 Å². The van der Waals surface area contributed by atoms with Gasteiger partial charge in [-0.05, 0) is 38.5 Å². The molecule has 0 aliphatic carbocycles. The van der Waals surface area contributed by atoms with Crippen molar-refractivity contribution in [1.29, 1.82) is 0 Å². The lowest BCUT2D eigenvalue weighted by Gasteiger charge is -2.06. The van der Waals surface area contributed by atoms with Crippen LogP contribution < -0.4 is 10.5 Å². The molecule has 0 fully saturated rings. The molecule has 0 atom stereocenters. The van der Waals surface area contributed by atoms with Crippen LogP contribution in [0.4, 0.5) is 5.95 Å². The number of benzene rings is 1. The van der Waals surface area contributed by atoms with Gasteiger partial charge in [0.25, 0.3) is 0 Å². The highest BCUT2D eigenvalue weighted by molar-refractivity contribution is 9.10. The lowest BCUT2D eigenvalue weighted by atomic mass is 10.3. The number of ether oxygens (including phenoxy) is 1. The first-order chi connectivity index (χ1) is 7.22. The maximum Gasteiger partial charge on any atom is 0.245 e. The molecular formula is C8H8BrN5O. The van der Waals surface area contributed by atoms with Crippen LogP contribution in [0.5, 0.6) is 5.75 Å². The van der Waals surface area contributed by atoms with Gasteiger partial charge in [0, 0.05) is 10.5 Å². The lowest BCUT2D eigenvalue weighted by molar-refractivity contribution is 0.414. The number of tetrazole rings is 1. The lowest BCUT2D eigenvalue weighted by Crippen LogP contribution is -2.03. The minimum atomic E-state index is 0.226. The monoisotopic (exact) mass is 269 g/mol. The fourth-order valence-electron chi connectivity index (χ4n) is 1.15. The fourth-order valence-corrected chi connectivity index (χ4v) is 1.56. The summed E-state index contributed by atoms with van der Waals surface area (Å²) in [6.45, 7) is 0. The molecule has 0 saturated heterocycles. The van der Waals surface area contributed by atoms with Gasteiger partial charge in [-0.15, -0.1) is 0 Å². The molecule has 0 bridgehead atoms. The zero-order chi connectivity index (χ0) is 10.8. The number of nitrogens with two attached hydrogens (primary N) is 1. The van der Waals surface area contributed by atoms with E-state index in [4.69, 9.17) is 10.5 Å². The van der Waals surface area contributed by atoms with Gasteiger partial charge in [-0.1, -0.05) is 5.10 Å². The number of anilines is 1. The number of hydrogen-bond acceptors (Lipinski definition) is 5. The van der Waals surface area contributed by atoms with Crippen molar-refractivity contribution in [2.45, 2.75) is 0 Å². The molecule has 0 spiro atoms. The van der Waals surface area contributed by atoms with E-state index in [-0.39, 0.29) is 5.95 Å². The number of methoxy groups -OCH3 is 1. The summed E-state index contributed by atoms with van der Waals surface area (Å²) in [5.41, 5.74) is 6.33. The van der Waals surface area contributed by atoms with Crippen molar-refractivity contribution in [3.63, 3.8) is 0 Å². The van der Waals surface area contributed by atoms with E-state index >= 15 is 0 Å². The van der Waals surface area contributed by atoms with Crippen LogP contribution in [0.25, 0.3) is 5.69 Å². The normalized spacial score (nSPS) is 10.3. The van der Waals surface area contributed by atoms with Crippen molar-refractivity contribution in [3.05, 3.63) is 22.7 Å². The first-order valence-electron chi connectivity index (χ1n) is 4.10. The fraction of sp³-hybridized carbons (Fsp3) is 0.125. The maximum absolute atomic E-state index is 5.60. The summed E-state index contributed by atoms with van der Waals surface area (Å²) in [5, 5.41) is 10.8. The number of halogens is 1. The Balaban J connectivity index is 2.56. The molecule has 15 heavy (non-hydrogen) atoms. The number of nitrogen functional groups attached to an aromatic ring is 1. The van der Waals surface area contributed by atoms with E-state index in [2.05, 4.69) is 31.5 Å². The molecular weight excluding hydrogens is 262 g/mol. The molecule has 0 unspecified atom stereocenters. The third-order valence-electron chi connectivity index (χ3n) is 1.88. The zero-order valence-corrected chi connectivity index (χ0v) is 9.47. The highest BCUT2D eigenvalue weighted by atomic mass is 79.9. The van der Waals surface area contributed by atoms with Crippen LogP contribution in [0.1, 0.15) is 0 Å². The summed E-state index contributed by atoms with van der Waals surface area (Å²) in [5.74, 6) is 0.937. The molecule has 0 saturated carbocycles. The topological polar surface area (TPSA) is 78.8 Å². The molecule has 7 heteroatoms. The molecule has 2 aromatic rings. The van der Waals surface area contributed by atoms with E-state index in [1.165, 1.54) is 4.68 Å². The minimum Gasteiger partial charge on any atom is -0.497 e. The van der Waals surface area contributed by atoms with Gasteiger partial charge < -0.3 is 10.5 Å². The Kier molecular flexibility index (Phi) is 2.55. The Morgan fingerprint density at radius 3 is 2.87 bits per heavy atom. The molecule has 2 N–H and O–H groups in total. The molecule has 0 amide bonds. The molecule has 1 aromatic carbocycles. The highest BCUT2D eigenvalue weighted by Crippen LogP contribution is 2.26. The zero-order valence-electron chi connectivity index (χ0n) is 7.88. The first-order valence-corrected chi connectivity index (χ1v) is 4.89. The molecule has 2 rings (SSSR count). The van der Waals surface area contributed by atoms with Gasteiger partial charge in [-0.2, -0.15) is 4.68 Å². The van der Waals surface area contributed by atoms with Gasteiger partial charge >= 0.3 is 0 Å². The predicted molar refractivity (Wildman–Crippen MR) is 57.8 cm³/mol. The maximum atomic E-state index is 5.60. The van der Waals surface area contributed by atoms with Gasteiger partial charge in [-0.3, -0.25) is 0 Å². The van der Waals surface area contributed by atoms with Gasteiger partial charge in [0.1, 0.15) is 5.75 Å². The second-order valence-electron chi connectivity index (χ2n) is 2.77. The SMILES string of the molecule is COc1ccc(Br)c(-n2nnnc2N)c1. The second-order valence-corrected chi connectivity index (χ2v) is 3.62. The number of rotatable bonds is 2. The van der Waals surface area contributed by atoms with Crippen molar-refractivity contribution < 1.29 is 4.74 Å². The van der Waals surface area contributed by atoms with E-state index in [1.54, 1.807) is 13.2 Å². The van der Waals surface area contributed by atoms with Crippen LogP contribution in [0.15, 0.2) is 22.7 Å². The van der Waals surface area contributed by atoms with Gasteiger partial charge in [0.2, 0.25) is 5.95 Å². The van der Waals surface area contributed by atoms with Crippen LogP contribution in [0.2, 0.25) is 0 Å². The number of aromatic nitrogens is 4. The summed E-state index contributed by atoms with van der Waals surface area (Å²) in [6, 6.07) is 5.46. The quantitative estimate of drug-likeness (QED) is 0.881. The Bertz CT molecular complexity index is 484. The molecule has 78 valence electrons. The average Bonchev–Trinajstić information content (AvgIpc) is 2.65. The molecule has 1 heterocycles. The molecule has 0 aliphatic heterocycles. The highest BCUT2D eigenvalue weighted by Gasteiger charge is 2.09. The summed E-state index contributed by atoms with van der Waals surface area (Å²) in [7, 11) is 1.59. The van der Waals surface area contributed by atoms with Crippen molar-refractivity contribution >= 4 is 21.9 Å². The van der Waals surface area contributed by atoms with E-state index in [0.717, 1.165) is 10.2 Å². The summed E-state index contributed by atoms with van der Waals surface area (Å²) >= 11 is 3.39. The van der Waals surface area contributed by atoms with Crippen LogP contribution >= 0.6 is 15.9 Å². The second kappa shape index (κ2) is 3.85. The van der Waals surface area contributed by atoms with E-state index in [9.17, 15) is 0 Å². The van der Waals surface area contributed by atoms with E-state index in [0.29, 0.717) is 5.75 Å². The van der Waals surface area contributed by atoms with Gasteiger partial charge in [-0.25, -0.2) is 0 Å². The van der Waals surface area contributed by atoms with Crippen molar-refractivity contribution in [2.75, 3.05) is 12.8 Å². The standard InChI is InChI=1S/C8H8BrN5O/c1-15-5-2-3-6(9)7(4-5)14-8(10)11-12-13-14/h2-4H,1H3,(H2,10,11,13). The van der Waals surface area contributed by atoms with Crippen LogP contribution in [0.3, 0.4) is 0 Å². The molecule has 0 aliphatic rings. The smallest absolute Gasteiger partial charge is 0.245 e. The Morgan fingerprint density at radius 1 is 1.47 bits per heavy atom. The van der Waals surface area contributed by atoms with Crippen LogP contribution in [0, 0.1) is 0 Å². The minimum absolute atomic E-state index is 0.226. The van der Waals surface area contributed by atoms with Crippen molar-refractivity contribution in [1.82, 2.24) is 20.2 Å². The van der Waals surface area contributed by atoms with Gasteiger partial charge in [0.15, 0.2) is 0 Å². The summed E-state index contributed by atoms with van der Waals surface area (Å²) in [4.78, 5) is 0. The largest absolute Gasteiger partial charge is 0.497 e. The summed E-state index contributed by atoms with van der Waals surface area (Å²) < 4.78 is 7.36. The predicted octanol–water partition coefficient (Wildman–Crippen LogP) is 1.02. The summed E-state index contributed by atoms with van der Waals surface area (Å²) in [6.07, 6.45) is 0. The van der Waals surface area contributed by atoms with Crippen molar-refractivity contribution in [2.24, 2.45) is 0 Å². The molecule has 0 radical (unpaired) electrons. The average molecular weight is 270 g/mol. The third-order valence-corrected chi connectivity index (χ3v) is 2.55. The molecule has 6 nitrogen and oxygen atoms in total. The Labute approximate surface area is 94.2 Å².